The van der Waals surface area contributed by atoms with Gasteiger partial charge in [-0.3, -0.25) is 14.1 Å². The fourth-order valence-electron chi connectivity index (χ4n) is 3.26. The molecule has 11 heteroatoms. The minimum absolute atomic E-state index is 0.0465. The summed E-state index contributed by atoms with van der Waals surface area (Å²) in [5.74, 6) is 3.35. The first-order chi connectivity index (χ1) is 16.3. The molecule has 4 rings (SSSR count). The number of pyridine rings is 1. The minimum Gasteiger partial charge on any atom is -0.481 e. The van der Waals surface area contributed by atoms with Crippen molar-refractivity contribution >= 4 is 44.7 Å². The maximum Gasteiger partial charge on any atom is 0.300 e. The number of methoxy groups -OCH3 is 1. The maximum atomic E-state index is 13.3. The van der Waals surface area contributed by atoms with E-state index in [-0.39, 0.29) is 33.1 Å². The van der Waals surface area contributed by atoms with Gasteiger partial charge in [-0.2, -0.15) is 0 Å². The Balaban J connectivity index is 1.80. The third-order valence-electron chi connectivity index (χ3n) is 4.71. The Morgan fingerprint density at radius 3 is 2.38 bits per heavy atom. The van der Waals surface area contributed by atoms with Crippen LogP contribution in [0.2, 0.25) is 10.0 Å². The Hall–Kier alpha value is -3.40. The molecule has 0 aliphatic carbocycles. The lowest BCUT2D eigenvalue weighted by molar-refractivity contribution is 0.0970. The summed E-state index contributed by atoms with van der Waals surface area (Å²) in [6, 6.07) is 19.0. The van der Waals surface area contributed by atoms with Crippen molar-refractivity contribution in [3.05, 3.63) is 88.2 Å². The van der Waals surface area contributed by atoms with Gasteiger partial charge >= 0.3 is 5.91 Å². The van der Waals surface area contributed by atoms with E-state index >= 15 is 0 Å². The van der Waals surface area contributed by atoms with Gasteiger partial charge in [-0.1, -0.05) is 65.7 Å². The molecule has 2 heterocycles. The average Bonchev–Trinajstić information content (AvgIpc) is 3.24. The first kappa shape index (κ1) is 23.7. The zero-order valence-electron chi connectivity index (χ0n) is 17.9. The van der Waals surface area contributed by atoms with Crippen molar-refractivity contribution in [3.63, 3.8) is 0 Å². The van der Waals surface area contributed by atoms with Crippen molar-refractivity contribution < 1.29 is 13.7 Å². The second-order valence-corrected chi connectivity index (χ2v) is 10.1. The quantitative estimate of drug-likeness (QED) is 0.370. The van der Waals surface area contributed by atoms with E-state index in [0.29, 0.717) is 11.6 Å². The van der Waals surface area contributed by atoms with Crippen molar-refractivity contribution in [1.82, 2.24) is 24.5 Å². The summed E-state index contributed by atoms with van der Waals surface area (Å²) < 4.78 is 22.2. The highest BCUT2D eigenvalue weighted by Crippen LogP contribution is 2.33. The first-order valence-electron chi connectivity index (χ1n) is 9.91. The summed E-state index contributed by atoms with van der Waals surface area (Å²) in [4.78, 5) is 17.6. The normalized spacial score (nSPS) is 12.7. The van der Waals surface area contributed by atoms with Crippen LogP contribution in [-0.2, 0) is 15.5 Å². The molecule has 1 N–H and O–H groups in total. The van der Waals surface area contributed by atoms with E-state index in [0.717, 1.165) is 5.56 Å². The number of nitrogens with zero attached hydrogens (tertiary/aromatic N) is 4. The molecule has 0 bridgehead atoms. The summed E-state index contributed by atoms with van der Waals surface area (Å²) in [5, 5.41) is 8.72. The van der Waals surface area contributed by atoms with Crippen LogP contribution in [0.25, 0.3) is 17.2 Å². The molecule has 0 saturated carbocycles. The van der Waals surface area contributed by atoms with Gasteiger partial charge in [0.05, 0.1) is 38.3 Å². The van der Waals surface area contributed by atoms with Gasteiger partial charge in [0.1, 0.15) is 5.69 Å². The molecule has 0 spiro atoms. The maximum absolute atomic E-state index is 13.3. The standard InChI is InChI=1S/C23H19Cl2N5O3S/c1-33-19-13-7-12-18(26-19)21-27-28-22(30(21)20-16(24)10-6-11-17(20)25)23(31)29-34(2,32)14-15-8-4-3-5-9-15/h3-13H,2,14H2,1H3,(H,29,31,32). The largest absolute Gasteiger partial charge is 0.481 e. The number of ether oxygens (including phenoxy) is 1. The van der Waals surface area contributed by atoms with Crippen LogP contribution in [0.4, 0.5) is 0 Å². The molecule has 4 aromatic rings. The molecular weight excluding hydrogens is 497 g/mol. The number of halogens is 2. The van der Waals surface area contributed by atoms with Crippen molar-refractivity contribution in [1.29, 1.82) is 0 Å². The van der Waals surface area contributed by atoms with Crippen molar-refractivity contribution in [2.45, 2.75) is 5.75 Å². The zero-order valence-corrected chi connectivity index (χ0v) is 20.3. The topological polar surface area (TPSA) is 99.0 Å². The van der Waals surface area contributed by atoms with Gasteiger partial charge in [0.15, 0.2) is 5.82 Å². The van der Waals surface area contributed by atoms with Crippen LogP contribution in [0.15, 0.2) is 66.7 Å². The SMILES string of the molecule is C=S(=O)(Cc1ccccc1)NC(=O)c1nnc(-c2cccc(OC)n2)n1-c1c(Cl)cccc1Cl. The molecule has 2 aromatic carbocycles. The van der Waals surface area contributed by atoms with Gasteiger partial charge in [0.2, 0.25) is 11.7 Å². The van der Waals surface area contributed by atoms with E-state index < -0.39 is 15.6 Å². The van der Waals surface area contributed by atoms with Gasteiger partial charge in [-0.25, -0.2) is 9.19 Å². The number of para-hydroxylation sites is 1. The van der Waals surface area contributed by atoms with E-state index in [4.69, 9.17) is 27.9 Å². The van der Waals surface area contributed by atoms with Crippen LogP contribution in [0.1, 0.15) is 16.2 Å². The van der Waals surface area contributed by atoms with E-state index in [1.807, 2.05) is 18.2 Å². The van der Waals surface area contributed by atoms with Crippen molar-refractivity contribution in [2.75, 3.05) is 7.11 Å². The molecule has 1 amide bonds. The Morgan fingerprint density at radius 1 is 1.03 bits per heavy atom. The monoisotopic (exact) mass is 515 g/mol. The van der Waals surface area contributed by atoms with Gasteiger partial charge in [0.25, 0.3) is 0 Å². The molecule has 0 aliphatic rings. The Labute approximate surface area is 206 Å². The van der Waals surface area contributed by atoms with Gasteiger partial charge in [0, 0.05) is 6.07 Å². The van der Waals surface area contributed by atoms with Crippen LogP contribution >= 0.6 is 23.2 Å². The highest BCUT2D eigenvalue weighted by Gasteiger charge is 2.26. The number of hydrogen-bond donors (Lipinski definition) is 1. The summed E-state index contributed by atoms with van der Waals surface area (Å²) in [6.45, 7) is 0. The third kappa shape index (κ3) is 5.06. The molecule has 1 unspecified atom stereocenters. The number of carbonyl (C=O) groups is 1. The molecule has 0 radical (unpaired) electrons. The van der Waals surface area contributed by atoms with Crippen LogP contribution in [0.5, 0.6) is 5.88 Å². The van der Waals surface area contributed by atoms with Gasteiger partial charge in [-0.05, 0) is 29.6 Å². The number of amides is 1. The summed E-state index contributed by atoms with van der Waals surface area (Å²) in [7, 11) is -1.57. The van der Waals surface area contributed by atoms with Crippen LogP contribution in [0.3, 0.4) is 0 Å². The summed E-state index contributed by atoms with van der Waals surface area (Å²) >= 11 is 12.9. The summed E-state index contributed by atoms with van der Waals surface area (Å²) in [5.41, 5.74) is 1.40. The van der Waals surface area contributed by atoms with Crippen LogP contribution in [0, 0.1) is 0 Å². The lowest BCUT2D eigenvalue weighted by Gasteiger charge is -2.15. The smallest absolute Gasteiger partial charge is 0.300 e. The average molecular weight is 516 g/mol. The Bertz CT molecular complexity index is 1440. The second-order valence-electron chi connectivity index (χ2n) is 7.19. The number of benzene rings is 2. The minimum atomic E-state index is -3.05. The number of carbonyl (C=O) groups excluding carboxylic acids is 1. The van der Waals surface area contributed by atoms with Crippen LogP contribution in [-0.4, -0.2) is 42.8 Å². The highest BCUT2D eigenvalue weighted by molar-refractivity contribution is 7.98. The molecule has 1 atom stereocenters. The molecule has 0 aliphatic heterocycles. The fraction of sp³-hybridized carbons (Fsp3) is 0.0870. The lowest BCUT2D eigenvalue weighted by atomic mass is 10.2. The van der Waals surface area contributed by atoms with Gasteiger partial charge < -0.3 is 4.74 Å². The molecule has 0 saturated heterocycles. The Morgan fingerprint density at radius 2 is 1.71 bits per heavy atom. The third-order valence-corrected chi connectivity index (χ3v) is 6.68. The van der Waals surface area contributed by atoms with Crippen molar-refractivity contribution in [2.24, 2.45) is 0 Å². The first-order valence-corrected chi connectivity index (χ1v) is 12.6. The van der Waals surface area contributed by atoms with E-state index in [9.17, 15) is 9.00 Å². The number of rotatable bonds is 7. The molecule has 2 aromatic heterocycles. The number of nitrogens with one attached hydrogen (secondary N) is 1. The molecule has 34 heavy (non-hydrogen) atoms. The summed E-state index contributed by atoms with van der Waals surface area (Å²) in [6.07, 6.45) is 0. The highest BCUT2D eigenvalue weighted by atomic mass is 35.5. The Kier molecular flexibility index (Phi) is 6.87. The number of aromatic nitrogens is 4. The lowest BCUT2D eigenvalue weighted by Crippen LogP contribution is -2.33. The predicted octanol–water partition coefficient (Wildman–Crippen LogP) is 4.21. The van der Waals surface area contributed by atoms with E-state index in [1.54, 1.807) is 48.5 Å². The van der Waals surface area contributed by atoms with Gasteiger partial charge in [-0.15, -0.1) is 10.2 Å². The van der Waals surface area contributed by atoms with Crippen molar-refractivity contribution in [3.8, 4) is 23.1 Å². The molecule has 174 valence electrons. The molecule has 0 fully saturated rings. The van der Waals surface area contributed by atoms with Crippen LogP contribution < -0.4 is 9.46 Å². The fourth-order valence-corrected chi connectivity index (χ4v) is 5.06. The van der Waals surface area contributed by atoms with E-state index in [1.165, 1.54) is 11.7 Å². The molecular formula is C23H19Cl2N5O3S. The predicted molar refractivity (Wildman–Crippen MR) is 134 cm³/mol. The molecule has 8 nitrogen and oxygen atoms in total. The van der Waals surface area contributed by atoms with E-state index in [2.05, 4.69) is 25.8 Å². The zero-order chi connectivity index (χ0) is 24.3. The number of hydrogen-bond acceptors (Lipinski definition) is 6. The second kappa shape index (κ2) is 9.84.